The van der Waals surface area contributed by atoms with Gasteiger partial charge < -0.3 is 5.32 Å². The van der Waals surface area contributed by atoms with Gasteiger partial charge in [0.25, 0.3) is 5.56 Å². The number of carbonyl (C=O) groups is 1. The average Bonchev–Trinajstić information content (AvgIpc) is 2.61. The number of nitrogens with zero attached hydrogens (tertiary/aromatic N) is 2. The maximum absolute atomic E-state index is 12.3. The van der Waals surface area contributed by atoms with Gasteiger partial charge in [0.05, 0.1) is 5.69 Å². The highest BCUT2D eigenvalue weighted by Crippen LogP contribution is 2.19. The van der Waals surface area contributed by atoms with Gasteiger partial charge in [-0.05, 0) is 55.7 Å². The Kier molecular flexibility index (Phi) is 4.98. The van der Waals surface area contributed by atoms with Gasteiger partial charge in [0.15, 0.2) is 0 Å². The van der Waals surface area contributed by atoms with Crippen LogP contribution in [0.1, 0.15) is 16.7 Å². The number of amides is 1. The van der Waals surface area contributed by atoms with Crippen LogP contribution in [-0.4, -0.2) is 15.7 Å². The zero-order valence-electron chi connectivity index (χ0n) is 15.1. The quantitative estimate of drug-likeness (QED) is 0.786. The van der Waals surface area contributed by atoms with Crippen LogP contribution in [0.2, 0.25) is 0 Å². The van der Waals surface area contributed by atoms with Crippen LogP contribution in [0.25, 0.3) is 11.3 Å². The third kappa shape index (κ3) is 3.88. The van der Waals surface area contributed by atoms with Gasteiger partial charge in [-0.3, -0.25) is 9.59 Å². The molecule has 2 aromatic carbocycles. The summed E-state index contributed by atoms with van der Waals surface area (Å²) in [5.74, 6) is -0.286. The van der Waals surface area contributed by atoms with E-state index in [4.69, 9.17) is 0 Å². The lowest BCUT2D eigenvalue weighted by Gasteiger charge is -2.10. The molecule has 5 heteroatoms. The van der Waals surface area contributed by atoms with Crippen molar-refractivity contribution in [3.8, 4) is 11.3 Å². The molecule has 1 aromatic heterocycles. The molecular weight excluding hydrogens is 326 g/mol. The zero-order valence-corrected chi connectivity index (χ0v) is 15.1. The normalized spacial score (nSPS) is 10.6. The van der Waals surface area contributed by atoms with Gasteiger partial charge in [-0.15, -0.1) is 0 Å². The Morgan fingerprint density at radius 1 is 0.962 bits per heavy atom. The summed E-state index contributed by atoms with van der Waals surface area (Å²) >= 11 is 0. The van der Waals surface area contributed by atoms with Crippen molar-refractivity contribution in [2.24, 2.45) is 0 Å². The Balaban J connectivity index is 1.84. The SMILES string of the molecule is Cc1ccc(-c2ccc(=O)n(CC(=O)Nc3ccccc3C)n2)cc1C. The minimum Gasteiger partial charge on any atom is -0.324 e. The van der Waals surface area contributed by atoms with Gasteiger partial charge in [0, 0.05) is 17.3 Å². The highest BCUT2D eigenvalue weighted by Gasteiger charge is 2.10. The smallest absolute Gasteiger partial charge is 0.267 e. The molecule has 0 spiro atoms. The van der Waals surface area contributed by atoms with Crippen molar-refractivity contribution in [3.05, 3.63) is 81.6 Å². The predicted octanol–water partition coefficient (Wildman–Crippen LogP) is 3.47. The molecule has 3 rings (SSSR count). The van der Waals surface area contributed by atoms with E-state index >= 15 is 0 Å². The molecular formula is C21H21N3O2. The summed E-state index contributed by atoms with van der Waals surface area (Å²) in [5.41, 5.74) is 5.31. The van der Waals surface area contributed by atoms with Gasteiger partial charge >= 0.3 is 0 Å². The summed E-state index contributed by atoms with van der Waals surface area (Å²) in [5, 5.41) is 7.18. The molecule has 3 aromatic rings. The van der Waals surface area contributed by atoms with Crippen LogP contribution >= 0.6 is 0 Å². The topological polar surface area (TPSA) is 64.0 Å². The molecule has 1 heterocycles. The van der Waals surface area contributed by atoms with Gasteiger partial charge in [0.1, 0.15) is 6.54 Å². The molecule has 0 aliphatic rings. The first kappa shape index (κ1) is 17.6. The van der Waals surface area contributed by atoms with E-state index in [-0.39, 0.29) is 18.0 Å². The first-order valence-corrected chi connectivity index (χ1v) is 8.45. The summed E-state index contributed by atoms with van der Waals surface area (Å²) in [4.78, 5) is 24.4. The zero-order chi connectivity index (χ0) is 18.7. The van der Waals surface area contributed by atoms with Crippen molar-refractivity contribution in [2.75, 3.05) is 5.32 Å². The summed E-state index contributed by atoms with van der Waals surface area (Å²) < 4.78 is 1.19. The Labute approximate surface area is 152 Å². The molecule has 0 saturated heterocycles. The van der Waals surface area contributed by atoms with Crippen LogP contribution < -0.4 is 10.9 Å². The van der Waals surface area contributed by atoms with Gasteiger partial charge in [0.2, 0.25) is 5.91 Å². The lowest BCUT2D eigenvalue weighted by Crippen LogP contribution is -2.29. The number of benzene rings is 2. The molecule has 0 bridgehead atoms. The third-order valence-corrected chi connectivity index (χ3v) is 4.38. The molecule has 0 aliphatic heterocycles. The van der Waals surface area contributed by atoms with Crippen molar-refractivity contribution < 1.29 is 4.79 Å². The summed E-state index contributed by atoms with van der Waals surface area (Å²) in [6, 6.07) is 16.6. The maximum atomic E-state index is 12.3. The van der Waals surface area contributed by atoms with E-state index in [1.165, 1.54) is 16.3 Å². The third-order valence-electron chi connectivity index (χ3n) is 4.38. The first-order chi connectivity index (χ1) is 12.4. The number of para-hydroxylation sites is 1. The molecule has 0 unspecified atom stereocenters. The van der Waals surface area contributed by atoms with E-state index in [0.717, 1.165) is 22.4 Å². The number of aryl methyl sites for hydroxylation is 3. The minimum atomic E-state index is -0.308. The van der Waals surface area contributed by atoms with E-state index in [1.54, 1.807) is 6.07 Å². The van der Waals surface area contributed by atoms with Crippen LogP contribution in [0.5, 0.6) is 0 Å². The number of nitrogens with one attached hydrogen (secondary N) is 1. The van der Waals surface area contributed by atoms with Gasteiger partial charge in [-0.25, -0.2) is 4.68 Å². The van der Waals surface area contributed by atoms with Crippen LogP contribution in [0.4, 0.5) is 5.69 Å². The summed E-state index contributed by atoms with van der Waals surface area (Å²) in [7, 11) is 0. The van der Waals surface area contributed by atoms with Crippen LogP contribution in [-0.2, 0) is 11.3 Å². The van der Waals surface area contributed by atoms with Crippen molar-refractivity contribution in [1.29, 1.82) is 0 Å². The van der Waals surface area contributed by atoms with Gasteiger partial charge in [-0.1, -0.05) is 30.3 Å². The van der Waals surface area contributed by atoms with Crippen LogP contribution in [0, 0.1) is 20.8 Å². The molecule has 0 atom stereocenters. The Bertz CT molecular complexity index is 1020. The van der Waals surface area contributed by atoms with Crippen molar-refractivity contribution in [1.82, 2.24) is 9.78 Å². The van der Waals surface area contributed by atoms with Crippen molar-refractivity contribution in [3.63, 3.8) is 0 Å². The fourth-order valence-corrected chi connectivity index (χ4v) is 2.66. The highest BCUT2D eigenvalue weighted by atomic mass is 16.2. The molecule has 0 aliphatic carbocycles. The molecule has 1 N–H and O–H groups in total. The number of carbonyl (C=O) groups excluding carboxylic acids is 1. The number of rotatable bonds is 4. The van der Waals surface area contributed by atoms with Gasteiger partial charge in [-0.2, -0.15) is 5.10 Å². The second-order valence-electron chi connectivity index (χ2n) is 6.38. The monoisotopic (exact) mass is 347 g/mol. The fourth-order valence-electron chi connectivity index (χ4n) is 2.66. The standard InChI is InChI=1S/C21H21N3O2/c1-14-8-9-17(12-16(14)3)19-10-11-21(26)24(23-19)13-20(25)22-18-7-5-4-6-15(18)2/h4-12H,13H2,1-3H3,(H,22,25). The van der Waals surface area contributed by atoms with Crippen molar-refractivity contribution >= 4 is 11.6 Å². The van der Waals surface area contributed by atoms with E-state index in [2.05, 4.69) is 10.4 Å². The van der Waals surface area contributed by atoms with Crippen molar-refractivity contribution in [2.45, 2.75) is 27.3 Å². The van der Waals surface area contributed by atoms with Crippen LogP contribution in [0.15, 0.2) is 59.4 Å². The van der Waals surface area contributed by atoms with E-state index in [9.17, 15) is 9.59 Å². The Morgan fingerprint density at radius 2 is 1.73 bits per heavy atom. The molecule has 0 radical (unpaired) electrons. The minimum absolute atomic E-state index is 0.133. The molecule has 26 heavy (non-hydrogen) atoms. The Morgan fingerprint density at radius 3 is 2.46 bits per heavy atom. The lowest BCUT2D eigenvalue weighted by molar-refractivity contribution is -0.117. The summed E-state index contributed by atoms with van der Waals surface area (Å²) in [6.07, 6.45) is 0. The predicted molar refractivity (Wildman–Crippen MR) is 103 cm³/mol. The van der Waals surface area contributed by atoms with Crippen LogP contribution in [0.3, 0.4) is 0 Å². The second-order valence-corrected chi connectivity index (χ2v) is 6.38. The number of anilines is 1. The molecule has 5 nitrogen and oxygen atoms in total. The maximum Gasteiger partial charge on any atom is 0.267 e. The molecule has 1 amide bonds. The number of aromatic nitrogens is 2. The second kappa shape index (κ2) is 7.35. The van der Waals surface area contributed by atoms with E-state index in [0.29, 0.717) is 5.69 Å². The summed E-state index contributed by atoms with van der Waals surface area (Å²) in [6.45, 7) is 5.86. The fraction of sp³-hybridized carbons (Fsp3) is 0.190. The first-order valence-electron chi connectivity index (χ1n) is 8.45. The van der Waals surface area contributed by atoms with E-state index < -0.39 is 0 Å². The van der Waals surface area contributed by atoms with E-state index in [1.807, 2.05) is 63.2 Å². The number of hydrogen-bond donors (Lipinski definition) is 1. The largest absolute Gasteiger partial charge is 0.324 e. The Hall–Kier alpha value is -3.21. The molecule has 0 saturated carbocycles. The molecule has 132 valence electrons. The highest BCUT2D eigenvalue weighted by molar-refractivity contribution is 5.91. The lowest BCUT2D eigenvalue weighted by atomic mass is 10.0. The average molecular weight is 347 g/mol. The number of hydrogen-bond acceptors (Lipinski definition) is 3. The molecule has 0 fully saturated rings.